The second kappa shape index (κ2) is 9.37. The maximum absolute atomic E-state index is 12.5. The van der Waals surface area contributed by atoms with Crippen LogP contribution in [0.25, 0.3) is 6.08 Å². The summed E-state index contributed by atoms with van der Waals surface area (Å²) >= 11 is 0. The Bertz CT molecular complexity index is 976. The maximum Gasteiger partial charge on any atom is 0.236 e. The lowest BCUT2D eigenvalue weighted by molar-refractivity contribution is -0.126. The van der Waals surface area contributed by atoms with E-state index in [2.05, 4.69) is 11.4 Å². The zero-order chi connectivity index (χ0) is 20.9. The minimum absolute atomic E-state index is 0.00171. The molecule has 2 aromatic rings. The number of benzene rings is 2. The molecular weight excluding hydrogens is 384 g/mol. The molecule has 1 N–H and O–H groups in total. The zero-order valence-electron chi connectivity index (χ0n) is 17.0. The monoisotopic (exact) mass is 412 g/mol. The number of nitrogens with zero attached hydrogens (tertiary/aromatic N) is 1. The number of hydrogen-bond acceptors (Lipinski definition) is 3. The largest absolute Gasteiger partial charge is 0.352 e. The minimum atomic E-state index is -3.47. The van der Waals surface area contributed by atoms with Crippen molar-refractivity contribution in [2.45, 2.75) is 33.2 Å². The normalized spacial score (nSPS) is 16.2. The maximum atomic E-state index is 12.5. The molecule has 0 aromatic heterocycles. The molecule has 1 aliphatic rings. The molecule has 1 heterocycles. The van der Waals surface area contributed by atoms with Crippen LogP contribution >= 0.6 is 0 Å². The molecule has 0 unspecified atom stereocenters. The predicted molar refractivity (Wildman–Crippen MR) is 116 cm³/mol. The van der Waals surface area contributed by atoms with Gasteiger partial charge in [0.1, 0.15) is 0 Å². The van der Waals surface area contributed by atoms with Gasteiger partial charge in [0.15, 0.2) is 0 Å². The van der Waals surface area contributed by atoms with Gasteiger partial charge in [0.25, 0.3) is 0 Å². The summed E-state index contributed by atoms with van der Waals surface area (Å²) in [6.07, 6.45) is 2.69. The van der Waals surface area contributed by atoms with E-state index in [0.29, 0.717) is 32.5 Å². The first kappa shape index (κ1) is 21.3. The third kappa shape index (κ3) is 5.78. The van der Waals surface area contributed by atoms with E-state index in [1.165, 1.54) is 15.3 Å². The number of nitrogens with one attached hydrogen (secondary N) is 1. The molecule has 3 rings (SSSR count). The molecule has 1 fully saturated rings. The van der Waals surface area contributed by atoms with Gasteiger partial charge in [-0.3, -0.25) is 4.79 Å². The molecule has 154 valence electrons. The topological polar surface area (TPSA) is 66.5 Å². The fourth-order valence-corrected chi connectivity index (χ4v) is 4.78. The van der Waals surface area contributed by atoms with Gasteiger partial charge < -0.3 is 5.32 Å². The van der Waals surface area contributed by atoms with Crippen LogP contribution in [0.15, 0.2) is 53.9 Å². The van der Waals surface area contributed by atoms with Crippen LogP contribution in [0.5, 0.6) is 0 Å². The highest BCUT2D eigenvalue weighted by Crippen LogP contribution is 2.21. The van der Waals surface area contributed by atoms with Gasteiger partial charge in [0.2, 0.25) is 15.9 Å². The number of amides is 1. The van der Waals surface area contributed by atoms with E-state index in [1.807, 2.05) is 56.3 Å². The Morgan fingerprint density at radius 2 is 1.79 bits per heavy atom. The summed E-state index contributed by atoms with van der Waals surface area (Å²) in [6.45, 7) is 5.32. The average Bonchev–Trinajstić information content (AvgIpc) is 2.72. The lowest BCUT2D eigenvalue weighted by atomic mass is 9.97. The Balaban J connectivity index is 1.51. The molecule has 1 aliphatic heterocycles. The highest BCUT2D eigenvalue weighted by Gasteiger charge is 2.29. The van der Waals surface area contributed by atoms with Crippen LogP contribution in [-0.4, -0.2) is 31.7 Å². The summed E-state index contributed by atoms with van der Waals surface area (Å²) < 4.78 is 26.6. The molecule has 0 radical (unpaired) electrons. The number of sulfonamides is 1. The van der Waals surface area contributed by atoms with Gasteiger partial charge in [-0.25, -0.2) is 8.42 Å². The lowest BCUT2D eigenvalue weighted by Gasteiger charge is -2.29. The van der Waals surface area contributed by atoms with Gasteiger partial charge in [0, 0.05) is 31.0 Å². The second-order valence-corrected chi connectivity index (χ2v) is 9.40. The number of hydrogen-bond donors (Lipinski definition) is 1. The summed E-state index contributed by atoms with van der Waals surface area (Å²) in [4.78, 5) is 12.5. The van der Waals surface area contributed by atoms with Crippen LogP contribution in [0.3, 0.4) is 0 Å². The third-order valence-corrected chi connectivity index (χ3v) is 6.93. The fraction of sp³-hybridized carbons (Fsp3) is 0.348. The van der Waals surface area contributed by atoms with E-state index >= 15 is 0 Å². The van der Waals surface area contributed by atoms with Crippen molar-refractivity contribution in [2.75, 3.05) is 13.1 Å². The average molecular weight is 413 g/mol. The van der Waals surface area contributed by atoms with Crippen molar-refractivity contribution in [2.24, 2.45) is 5.92 Å². The molecule has 6 heteroatoms. The van der Waals surface area contributed by atoms with Crippen molar-refractivity contribution < 1.29 is 13.2 Å². The van der Waals surface area contributed by atoms with E-state index in [-0.39, 0.29) is 11.8 Å². The molecule has 1 saturated heterocycles. The van der Waals surface area contributed by atoms with Crippen LogP contribution in [0.2, 0.25) is 0 Å². The van der Waals surface area contributed by atoms with Gasteiger partial charge >= 0.3 is 0 Å². The number of rotatable bonds is 6. The van der Waals surface area contributed by atoms with Crippen molar-refractivity contribution in [1.29, 1.82) is 0 Å². The SMILES string of the molecule is Cc1ccc(CNC(=O)C2CCN(S(=O)(=O)/C=C/c3ccccc3)CC2)c(C)c1. The Hall–Kier alpha value is -2.44. The Morgan fingerprint density at radius 3 is 2.45 bits per heavy atom. The Labute approximate surface area is 173 Å². The van der Waals surface area contributed by atoms with Crippen LogP contribution in [0.4, 0.5) is 0 Å². The van der Waals surface area contributed by atoms with Gasteiger partial charge in [-0.2, -0.15) is 4.31 Å². The van der Waals surface area contributed by atoms with Crippen molar-refractivity contribution in [3.63, 3.8) is 0 Å². The van der Waals surface area contributed by atoms with E-state index in [4.69, 9.17) is 0 Å². The molecule has 0 bridgehead atoms. The summed E-state index contributed by atoms with van der Waals surface area (Å²) in [6, 6.07) is 15.5. The molecule has 0 atom stereocenters. The molecule has 2 aromatic carbocycles. The van der Waals surface area contributed by atoms with Crippen molar-refractivity contribution in [3.05, 3.63) is 76.2 Å². The molecule has 1 amide bonds. The van der Waals surface area contributed by atoms with Gasteiger partial charge in [0.05, 0.1) is 0 Å². The summed E-state index contributed by atoms with van der Waals surface area (Å²) in [5.74, 6) is -0.146. The first-order valence-electron chi connectivity index (χ1n) is 9.92. The minimum Gasteiger partial charge on any atom is -0.352 e. The van der Waals surface area contributed by atoms with Crippen LogP contribution in [0, 0.1) is 19.8 Å². The number of carbonyl (C=O) groups is 1. The summed E-state index contributed by atoms with van der Waals surface area (Å²) in [7, 11) is -3.47. The highest BCUT2D eigenvalue weighted by molar-refractivity contribution is 7.92. The fourth-order valence-electron chi connectivity index (χ4n) is 3.56. The van der Waals surface area contributed by atoms with Gasteiger partial charge in [-0.1, -0.05) is 54.1 Å². The standard InChI is InChI=1S/C23H28N2O3S/c1-18-8-9-22(19(2)16-18)17-24-23(26)21-10-13-25(14-11-21)29(27,28)15-12-20-6-4-3-5-7-20/h3-9,12,15-16,21H,10-11,13-14,17H2,1-2H3,(H,24,26)/b15-12+. The van der Waals surface area contributed by atoms with Crippen molar-refractivity contribution in [3.8, 4) is 0 Å². The van der Waals surface area contributed by atoms with Gasteiger partial charge in [-0.05, 0) is 49.5 Å². The number of aryl methyl sites for hydroxylation is 2. The summed E-state index contributed by atoms with van der Waals surface area (Å²) in [5, 5.41) is 4.26. The molecule has 0 aliphatic carbocycles. The molecule has 29 heavy (non-hydrogen) atoms. The van der Waals surface area contributed by atoms with E-state index in [0.717, 1.165) is 16.7 Å². The highest BCUT2D eigenvalue weighted by atomic mass is 32.2. The third-order valence-electron chi connectivity index (χ3n) is 5.37. The van der Waals surface area contributed by atoms with E-state index in [1.54, 1.807) is 6.08 Å². The number of carbonyl (C=O) groups excluding carboxylic acids is 1. The quantitative estimate of drug-likeness (QED) is 0.788. The second-order valence-electron chi connectivity index (χ2n) is 7.58. The van der Waals surface area contributed by atoms with Crippen molar-refractivity contribution in [1.82, 2.24) is 9.62 Å². The predicted octanol–water partition coefficient (Wildman–Crippen LogP) is 3.63. The first-order chi connectivity index (χ1) is 13.8. The van der Waals surface area contributed by atoms with E-state index in [9.17, 15) is 13.2 Å². The molecule has 0 spiro atoms. The van der Waals surface area contributed by atoms with Gasteiger partial charge in [-0.15, -0.1) is 0 Å². The van der Waals surface area contributed by atoms with Crippen LogP contribution in [0.1, 0.15) is 35.1 Å². The van der Waals surface area contributed by atoms with Crippen molar-refractivity contribution >= 4 is 22.0 Å². The molecular formula is C23H28N2O3S. The Morgan fingerprint density at radius 1 is 1.10 bits per heavy atom. The van der Waals surface area contributed by atoms with E-state index < -0.39 is 10.0 Å². The first-order valence-corrected chi connectivity index (χ1v) is 11.4. The lowest BCUT2D eigenvalue weighted by Crippen LogP contribution is -2.42. The molecule has 0 saturated carbocycles. The zero-order valence-corrected chi connectivity index (χ0v) is 17.8. The van der Waals surface area contributed by atoms with Crippen LogP contribution in [-0.2, 0) is 21.4 Å². The number of piperidine rings is 1. The van der Waals surface area contributed by atoms with Crippen LogP contribution < -0.4 is 5.32 Å². The smallest absolute Gasteiger partial charge is 0.236 e. The molecule has 5 nitrogen and oxygen atoms in total. The summed E-state index contributed by atoms with van der Waals surface area (Å²) in [5.41, 5.74) is 4.32. The Kier molecular flexibility index (Phi) is 6.87.